The number of fused-ring (bicyclic) bond motifs is 1. The van der Waals surface area contributed by atoms with Crippen LogP contribution in [0.5, 0.6) is 5.75 Å². The van der Waals surface area contributed by atoms with Gasteiger partial charge in [0.25, 0.3) is 0 Å². The summed E-state index contributed by atoms with van der Waals surface area (Å²) in [4.78, 5) is 22.9. The van der Waals surface area contributed by atoms with E-state index in [0.717, 1.165) is 18.9 Å². The number of rotatable bonds is 5. The van der Waals surface area contributed by atoms with Crippen LogP contribution in [0, 0.1) is 17.1 Å². The molecule has 11 nitrogen and oxygen atoms in total. The molecular weight excluding hydrogens is 493 g/mol. The molecule has 0 bridgehead atoms. The number of methoxy groups -OCH3 is 1. The first-order valence-electron chi connectivity index (χ1n) is 12.3. The van der Waals surface area contributed by atoms with Crippen molar-refractivity contribution in [3.8, 4) is 23.2 Å². The standard InChI is InChI=1S/C26H32FN7O4/c1-25(2,3)38-24(35)33-9-7-8-16(14-33)30-23-15(12-28)10-17(27)21(31-23)18-13-29-20-11-19(37-6)22(26(4,5)36)32-34(18)20/h10-11,13,16,36H,7-9,14H2,1-6H3,(H,30,31). The van der Waals surface area contributed by atoms with E-state index < -0.39 is 23.1 Å². The number of anilines is 1. The van der Waals surface area contributed by atoms with E-state index in [2.05, 4.69) is 20.4 Å². The number of likely N-dealkylation sites (tertiary alicyclic amines) is 1. The number of carbonyl (C=O) groups is 1. The van der Waals surface area contributed by atoms with Gasteiger partial charge in [0.05, 0.1) is 18.9 Å². The third-order valence-corrected chi connectivity index (χ3v) is 6.01. The van der Waals surface area contributed by atoms with Gasteiger partial charge >= 0.3 is 6.09 Å². The lowest BCUT2D eigenvalue weighted by molar-refractivity contribution is 0.0206. The van der Waals surface area contributed by atoms with Crippen LogP contribution in [0.3, 0.4) is 0 Å². The van der Waals surface area contributed by atoms with E-state index in [1.807, 2.05) is 26.8 Å². The topological polar surface area (TPSA) is 138 Å². The number of nitrogens with zero attached hydrogens (tertiary/aromatic N) is 6. The summed E-state index contributed by atoms with van der Waals surface area (Å²) >= 11 is 0. The number of imidazole rings is 1. The minimum atomic E-state index is -1.34. The summed E-state index contributed by atoms with van der Waals surface area (Å²) in [6, 6.07) is 4.47. The quantitative estimate of drug-likeness (QED) is 0.509. The van der Waals surface area contributed by atoms with Gasteiger partial charge < -0.3 is 24.8 Å². The maximum atomic E-state index is 15.2. The highest BCUT2D eigenvalue weighted by Crippen LogP contribution is 2.32. The van der Waals surface area contributed by atoms with Crippen molar-refractivity contribution in [1.29, 1.82) is 5.26 Å². The van der Waals surface area contributed by atoms with Crippen LogP contribution in [-0.2, 0) is 10.3 Å². The smallest absolute Gasteiger partial charge is 0.410 e. The lowest BCUT2D eigenvalue weighted by atomic mass is 10.0. The summed E-state index contributed by atoms with van der Waals surface area (Å²) < 4.78 is 27.5. The van der Waals surface area contributed by atoms with Crippen molar-refractivity contribution in [3.63, 3.8) is 0 Å². The highest BCUT2D eigenvalue weighted by atomic mass is 19.1. The van der Waals surface area contributed by atoms with Crippen molar-refractivity contribution in [2.24, 2.45) is 0 Å². The van der Waals surface area contributed by atoms with Crippen LogP contribution in [-0.4, -0.2) is 67.5 Å². The molecule has 1 aliphatic heterocycles. The fourth-order valence-electron chi connectivity index (χ4n) is 4.28. The van der Waals surface area contributed by atoms with Crippen LogP contribution in [0.25, 0.3) is 17.0 Å². The molecule has 1 amide bonds. The van der Waals surface area contributed by atoms with Gasteiger partial charge in [-0.15, -0.1) is 0 Å². The predicted octanol–water partition coefficient (Wildman–Crippen LogP) is 3.85. The first-order valence-corrected chi connectivity index (χ1v) is 12.3. The number of pyridine rings is 1. The third-order valence-electron chi connectivity index (χ3n) is 6.01. The molecule has 1 aliphatic rings. The summed E-state index contributed by atoms with van der Waals surface area (Å²) in [7, 11) is 1.46. The number of carbonyl (C=O) groups excluding carboxylic acids is 1. The van der Waals surface area contributed by atoms with Gasteiger partial charge in [0, 0.05) is 25.2 Å². The molecule has 1 fully saturated rings. The number of aromatic nitrogens is 4. The van der Waals surface area contributed by atoms with E-state index in [1.54, 1.807) is 24.8 Å². The number of nitriles is 1. The molecule has 1 atom stereocenters. The summed E-state index contributed by atoms with van der Waals surface area (Å²) in [6.45, 7) is 9.46. The minimum Gasteiger partial charge on any atom is -0.495 e. The minimum absolute atomic E-state index is 0.0290. The number of aliphatic hydroxyl groups is 1. The molecule has 2 N–H and O–H groups in total. The van der Waals surface area contributed by atoms with Gasteiger partial charge in [0.2, 0.25) is 0 Å². The van der Waals surface area contributed by atoms with Crippen LogP contribution < -0.4 is 10.1 Å². The normalized spacial score (nSPS) is 16.3. The molecule has 0 spiro atoms. The number of hydrogen-bond donors (Lipinski definition) is 2. The van der Waals surface area contributed by atoms with Crippen molar-refractivity contribution in [2.45, 2.75) is 64.7 Å². The largest absolute Gasteiger partial charge is 0.495 e. The van der Waals surface area contributed by atoms with Crippen LogP contribution in [0.2, 0.25) is 0 Å². The zero-order valence-electron chi connectivity index (χ0n) is 22.4. The van der Waals surface area contributed by atoms with Crippen molar-refractivity contribution in [1.82, 2.24) is 24.5 Å². The zero-order chi connectivity index (χ0) is 27.8. The molecule has 4 rings (SSSR count). The number of amides is 1. The van der Waals surface area contributed by atoms with E-state index in [9.17, 15) is 15.2 Å². The van der Waals surface area contributed by atoms with Gasteiger partial charge in [0.15, 0.2) is 11.5 Å². The molecule has 1 saturated heterocycles. The van der Waals surface area contributed by atoms with Crippen LogP contribution in [0.15, 0.2) is 18.3 Å². The fraction of sp³-hybridized carbons (Fsp3) is 0.500. The molecule has 4 heterocycles. The molecule has 12 heteroatoms. The maximum Gasteiger partial charge on any atom is 0.410 e. The number of nitrogens with one attached hydrogen (secondary N) is 1. The second-order valence-electron chi connectivity index (χ2n) is 10.8. The monoisotopic (exact) mass is 525 g/mol. The number of ether oxygens (including phenoxy) is 2. The van der Waals surface area contributed by atoms with Gasteiger partial charge in [0.1, 0.15) is 45.9 Å². The molecule has 202 valence electrons. The van der Waals surface area contributed by atoms with Crippen molar-refractivity contribution in [3.05, 3.63) is 35.4 Å². The Kier molecular flexibility index (Phi) is 7.16. The Morgan fingerprint density at radius 3 is 2.66 bits per heavy atom. The average Bonchev–Trinajstić information content (AvgIpc) is 3.25. The molecule has 0 radical (unpaired) electrons. The Hall–Kier alpha value is -3.98. The molecule has 0 saturated carbocycles. The van der Waals surface area contributed by atoms with Crippen LogP contribution >= 0.6 is 0 Å². The Morgan fingerprint density at radius 1 is 1.29 bits per heavy atom. The first kappa shape index (κ1) is 27.1. The lowest BCUT2D eigenvalue weighted by Crippen LogP contribution is -2.47. The highest BCUT2D eigenvalue weighted by Gasteiger charge is 2.29. The number of piperidine rings is 1. The highest BCUT2D eigenvalue weighted by molar-refractivity contribution is 5.69. The molecular formula is C26H32FN7O4. The molecule has 1 unspecified atom stereocenters. The van der Waals surface area contributed by atoms with E-state index in [0.29, 0.717) is 24.5 Å². The van der Waals surface area contributed by atoms with Gasteiger partial charge in [-0.3, -0.25) is 0 Å². The SMILES string of the molecule is COc1cc2ncc(-c3nc(NC4CCCN(C(=O)OC(C)(C)C)C4)c(C#N)cc3F)n2nc1C(C)(C)O. The fourth-order valence-corrected chi connectivity index (χ4v) is 4.28. The lowest BCUT2D eigenvalue weighted by Gasteiger charge is -2.34. The van der Waals surface area contributed by atoms with E-state index >= 15 is 4.39 Å². The zero-order valence-corrected chi connectivity index (χ0v) is 22.4. The summed E-state index contributed by atoms with van der Waals surface area (Å²) in [5, 5.41) is 27.9. The molecule has 0 aliphatic carbocycles. The van der Waals surface area contributed by atoms with Gasteiger partial charge in [-0.05, 0) is 53.5 Å². The Labute approximate surface area is 220 Å². The molecule has 3 aromatic heterocycles. The Morgan fingerprint density at radius 2 is 2.03 bits per heavy atom. The molecule has 0 aromatic carbocycles. The van der Waals surface area contributed by atoms with Gasteiger partial charge in [-0.1, -0.05) is 0 Å². The molecule has 38 heavy (non-hydrogen) atoms. The van der Waals surface area contributed by atoms with Crippen LogP contribution in [0.1, 0.15) is 58.7 Å². The van der Waals surface area contributed by atoms with E-state index in [-0.39, 0.29) is 34.5 Å². The predicted molar refractivity (Wildman–Crippen MR) is 137 cm³/mol. The number of halogens is 1. The summed E-state index contributed by atoms with van der Waals surface area (Å²) in [5.41, 5.74) is -1.16. The summed E-state index contributed by atoms with van der Waals surface area (Å²) in [6.07, 6.45) is 2.46. The van der Waals surface area contributed by atoms with Gasteiger partial charge in [-0.2, -0.15) is 10.4 Å². The summed E-state index contributed by atoms with van der Waals surface area (Å²) in [5.74, 6) is -0.203. The first-order chi connectivity index (χ1) is 17.8. The molecule has 3 aromatic rings. The number of hydrogen-bond acceptors (Lipinski definition) is 9. The Balaban J connectivity index is 1.69. The van der Waals surface area contributed by atoms with Gasteiger partial charge in [-0.25, -0.2) is 23.7 Å². The van der Waals surface area contributed by atoms with Crippen molar-refractivity contribution >= 4 is 17.6 Å². The second kappa shape index (κ2) is 10.1. The Bertz CT molecular complexity index is 1400. The van der Waals surface area contributed by atoms with E-state index in [1.165, 1.54) is 17.8 Å². The maximum absolute atomic E-state index is 15.2. The third kappa shape index (κ3) is 5.62. The van der Waals surface area contributed by atoms with Crippen molar-refractivity contribution < 1.29 is 23.8 Å². The van der Waals surface area contributed by atoms with E-state index in [4.69, 9.17) is 9.47 Å². The van der Waals surface area contributed by atoms with Crippen molar-refractivity contribution in [2.75, 3.05) is 25.5 Å². The average molecular weight is 526 g/mol. The second-order valence-corrected chi connectivity index (χ2v) is 10.8. The van der Waals surface area contributed by atoms with Crippen LogP contribution in [0.4, 0.5) is 15.0 Å².